The van der Waals surface area contributed by atoms with Crippen molar-refractivity contribution in [1.29, 1.82) is 0 Å². The van der Waals surface area contributed by atoms with Gasteiger partial charge in [0.25, 0.3) is 0 Å². The first-order valence-electron chi connectivity index (χ1n) is 9.18. The number of guanidine groups is 1. The molecule has 0 spiro atoms. The first-order valence-corrected chi connectivity index (χ1v) is 9.18. The van der Waals surface area contributed by atoms with Gasteiger partial charge < -0.3 is 15.2 Å². The van der Waals surface area contributed by atoms with Gasteiger partial charge in [-0.05, 0) is 36.1 Å². The number of nitrogens with one attached hydrogen (secondary N) is 2. The fourth-order valence-corrected chi connectivity index (χ4v) is 3.06. The van der Waals surface area contributed by atoms with E-state index < -0.39 is 0 Å². The lowest BCUT2D eigenvalue weighted by Crippen LogP contribution is -2.36. The summed E-state index contributed by atoms with van der Waals surface area (Å²) in [7, 11) is 1.80. The van der Waals surface area contributed by atoms with E-state index in [1.165, 1.54) is 27.8 Å². The Bertz CT molecular complexity index is 897. The van der Waals surface area contributed by atoms with Crippen LogP contribution in [0.2, 0.25) is 0 Å². The molecule has 3 aromatic rings. The zero-order valence-electron chi connectivity index (χ0n) is 16.2. The van der Waals surface area contributed by atoms with Gasteiger partial charge in [-0.1, -0.05) is 48.0 Å². The van der Waals surface area contributed by atoms with Gasteiger partial charge in [0, 0.05) is 39.1 Å². The number of imidazole rings is 1. The van der Waals surface area contributed by atoms with Crippen LogP contribution in [0.15, 0.2) is 66.2 Å². The normalized spacial score (nSPS) is 11.4. The molecule has 5 nitrogen and oxygen atoms in total. The van der Waals surface area contributed by atoms with E-state index in [0.717, 1.165) is 25.6 Å². The third kappa shape index (κ3) is 5.45. The standard InChI is InChI=1S/C22H27N5/c1-17-7-8-21(18(2)11-17)14-26-22(23-3)25-13-19-5-4-6-20(12-19)15-27-10-9-24-16-27/h4-12,16H,13-15H2,1-3H3,(H2,23,25,26). The average Bonchev–Trinajstić information content (AvgIpc) is 3.16. The lowest BCUT2D eigenvalue weighted by atomic mass is 10.1. The van der Waals surface area contributed by atoms with E-state index in [-0.39, 0.29) is 0 Å². The summed E-state index contributed by atoms with van der Waals surface area (Å²) < 4.78 is 2.07. The van der Waals surface area contributed by atoms with Crippen LogP contribution >= 0.6 is 0 Å². The first kappa shape index (κ1) is 18.7. The van der Waals surface area contributed by atoms with Crippen molar-refractivity contribution >= 4 is 5.96 Å². The molecule has 0 atom stereocenters. The highest BCUT2D eigenvalue weighted by molar-refractivity contribution is 5.79. The smallest absolute Gasteiger partial charge is 0.191 e. The Labute approximate surface area is 161 Å². The van der Waals surface area contributed by atoms with Gasteiger partial charge in [-0.2, -0.15) is 0 Å². The van der Waals surface area contributed by atoms with Crippen LogP contribution < -0.4 is 10.6 Å². The fraction of sp³-hybridized carbons (Fsp3) is 0.273. The zero-order valence-corrected chi connectivity index (χ0v) is 16.2. The number of nitrogens with zero attached hydrogens (tertiary/aromatic N) is 3. The predicted molar refractivity (Wildman–Crippen MR) is 111 cm³/mol. The summed E-state index contributed by atoms with van der Waals surface area (Å²) in [5.41, 5.74) is 6.35. The highest BCUT2D eigenvalue weighted by atomic mass is 15.2. The van der Waals surface area contributed by atoms with Crippen molar-refractivity contribution in [3.63, 3.8) is 0 Å². The van der Waals surface area contributed by atoms with E-state index >= 15 is 0 Å². The number of rotatable bonds is 6. The number of hydrogen-bond donors (Lipinski definition) is 2. The van der Waals surface area contributed by atoms with E-state index in [1.54, 1.807) is 13.2 Å². The van der Waals surface area contributed by atoms with Crippen molar-refractivity contribution in [2.24, 2.45) is 4.99 Å². The van der Waals surface area contributed by atoms with Crippen molar-refractivity contribution in [2.45, 2.75) is 33.5 Å². The van der Waals surface area contributed by atoms with E-state index in [9.17, 15) is 0 Å². The second-order valence-electron chi connectivity index (χ2n) is 6.76. The molecule has 1 aromatic heterocycles. The van der Waals surface area contributed by atoms with Crippen LogP contribution in [-0.4, -0.2) is 22.6 Å². The van der Waals surface area contributed by atoms with E-state index in [0.29, 0.717) is 0 Å². The van der Waals surface area contributed by atoms with Crippen molar-refractivity contribution < 1.29 is 0 Å². The summed E-state index contributed by atoms with van der Waals surface area (Å²) in [6.07, 6.45) is 5.62. The molecule has 2 aromatic carbocycles. The van der Waals surface area contributed by atoms with Crippen LogP contribution in [0.3, 0.4) is 0 Å². The summed E-state index contributed by atoms with van der Waals surface area (Å²) in [4.78, 5) is 8.43. The highest BCUT2D eigenvalue weighted by Crippen LogP contribution is 2.10. The maximum absolute atomic E-state index is 4.33. The lowest BCUT2D eigenvalue weighted by Gasteiger charge is -2.14. The van der Waals surface area contributed by atoms with Crippen LogP contribution in [0, 0.1) is 13.8 Å². The number of hydrogen-bond acceptors (Lipinski definition) is 2. The summed E-state index contributed by atoms with van der Waals surface area (Å²) in [6, 6.07) is 15.1. The van der Waals surface area contributed by atoms with Gasteiger partial charge >= 0.3 is 0 Å². The number of aliphatic imine (C=N–C) groups is 1. The Hall–Kier alpha value is -3.08. The molecule has 1 heterocycles. The minimum absolute atomic E-state index is 0.727. The Morgan fingerprint density at radius 2 is 1.85 bits per heavy atom. The molecule has 5 heteroatoms. The van der Waals surface area contributed by atoms with Gasteiger partial charge in [-0.25, -0.2) is 4.98 Å². The molecule has 0 saturated carbocycles. The van der Waals surface area contributed by atoms with Crippen LogP contribution in [-0.2, 0) is 19.6 Å². The lowest BCUT2D eigenvalue weighted by molar-refractivity contribution is 0.786. The van der Waals surface area contributed by atoms with Gasteiger partial charge in [-0.15, -0.1) is 0 Å². The van der Waals surface area contributed by atoms with Crippen molar-refractivity contribution in [3.8, 4) is 0 Å². The summed E-state index contributed by atoms with van der Waals surface area (Å²) in [6.45, 7) is 6.57. The molecule has 0 unspecified atom stereocenters. The summed E-state index contributed by atoms with van der Waals surface area (Å²) in [5, 5.41) is 6.79. The second-order valence-corrected chi connectivity index (χ2v) is 6.76. The molecule has 2 N–H and O–H groups in total. The van der Waals surface area contributed by atoms with Gasteiger partial charge in [0.15, 0.2) is 5.96 Å². The van der Waals surface area contributed by atoms with E-state index in [4.69, 9.17) is 0 Å². The van der Waals surface area contributed by atoms with Crippen molar-refractivity contribution in [1.82, 2.24) is 20.2 Å². The third-order valence-corrected chi connectivity index (χ3v) is 4.54. The maximum Gasteiger partial charge on any atom is 0.191 e. The number of aryl methyl sites for hydroxylation is 2. The molecule has 0 amide bonds. The molecular weight excluding hydrogens is 334 g/mol. The molecule has 0 aliphatic rings. The number of aromatic nitrogens is 2. The maximum atomic E-state index is 4.33. The van der Waals surface area contributed by atoms with Crippen molar-refractivity contribution in [3.05, 3.63) is 89.0 Å². The molecule has 3 rings (SSSR count). The molecule has 0 bridgehead atoms. The van der Waals surface area contributed by atoms with Crippen LogP contribution in [0.25, 0.3) is 0 Å². The van der Waals surface area contributed by atoms with Crippen LogP contribution in [0.4, 0.5) is 0 Å². The molecular formula is C22H27N5. The summed E-state index contributed by atoms with van der Waals surface area (Å²) >= 11 is 0. The molecule has 27 heavy (non-hydrogen) atoms. The fourth-order valence-electron chi connectivity index (χ4n) is 3.06. The molecule has 0 radical (unpaired) electrons. The van der Waals surface area contributed by atoms with Gasteiger partial charge in [0.1, 0.15) is 0 Å². The monoisotopic (exact) mass is 361 g/mol. The minimum atomic E-state index is 0.727. The quantitative estimate of drug-likeness (QED) is 0.522. The Kier molecular flexibility index (Phi) is 6.26. The minimum Gasteiger partial charge on any atom is -0.352 e. The zero-order chi connectivity index (χ0) is 19.1. The topological polar surface area (TPSA) is 54.2 Å². The van der Waals surface area contributed by atoms with Gasteiger partial charge in [0.05, 0.1) is 6.33 Å². The van der Waals surface area contributed by atoms with Crippen LogP contribution in [0.5, 0.6) is 0 Å². The Morgan fingerprint density at radius 3 is 2.59 bits per heavy atom. The van der Waals surface area contributed by atoms with Gasteiger partial charge in [0.2, 0.25) is 0 Å². The van der Waals surface area contributed by atoms with Crippen LogP contribution in [0.1, 0.15) is 27.8 Å². The van der Waals surface area contributed by atoms with E-state index in [1.807, 2.05) is 12.5 Å². The third-order valence-electron chi connectivity index (χ3n) is 4.54. The Morgan fingerprint density at radius 1 is 1.04 bits per heavy atom. The summed E-state index contributed by atoms with van der Waals surface area (Å²) in [5.74, 6) is 0.801. The highest BCUT2D eigenvalue weighted by Gasteiger charge is 2.03. The predicted octanol–water partition coefficient (Wildman–Crippen LogP) is 3.41. The molecule has 140 valence electrons. The molecule has 0 aliphatic carbocycles. The van der Waals surface area contributed by atoms with Gasteiger partial charge in [-0.3, -0.25) is 4.99 Å². The average molecular weight is 361 g/mol. The first-order chi connectivity index (χ1) is 13.1. The van der Waals surface area contributed by atoms with E-state index in [2.05, 4.69) is 81.5 Å². The SMILES string of the molecule is CN=C(NCc1cccc(Cn2ccnc2)c1)NCc1ccc(C)cc1C. The molecule has 0 saturated heterocycles. The largest absolute Gasteiger partial charge is 0.352 e. The Balaban J connectivity index is 1.54. The molecule has 0 aliphatic heterocycles. The van der Waals surface area contributed by atoms with Crippen molar-refractivity contribution in [2.75, 3.05) is 7.05 Å². The second kappa shape index (κ2) is 9.03. The molecule has 0 fully saturated rings. The number of benzene rings is 2.